The summed E-state index contributed by atoms with van der Waals surface area (Å²) >= 11 is 0. The summed E-state index contributed by atoms with van der Waals surface area (Å²) in [5.74, 6) is 0.605. The Balaban J connectivity index is 2.31. The Kier molecular flexibility index (Phi) is 4.12. The van der Waals surface area contributed by atoms with Gasteiger partial charge in [-0.2, -0.15) is 0 Å². The van der Waals surface area contributed by atoms with Crippen LogP contribution in [0.15, 0.2) is 0 Å². The fourth-order valence-electron chi connectivity index (χ4n) is 1.73. The van der Waals surface area contributed by atoms with E-state index >= 15 is 0 Å². The lowest BCUT2D eigenvalue weighted by atomic mass is 9.96. The van der Waals surface area contributed by atoms with Gasteiger partial charge in [0.25, 0.3) is 0 Å². The van der Waals surface area contributed by atoms with Crippen LogP contribution in [0.3, 0.4) is 0 Å². The van der Waals surface area contributed by atoms with Crippen LogP contribution in [0.25, 0.3) is 0 Å². The Morgan fingerprint density at radius 3 is 3.08 bits per heavy atom. The second kappa shape index (κ2) is 5.18. The molecule has 1 aliphatic heterocycles. The zero-order chi connectivity index (χ0) is 8.81. The lowest BCUT2D eigenvalue weighted by Crippen LogP contribution is -2.28. The van der Waals surface area contributed by atoms with Crippen molar-refractivity contribution in [2.45, 2.75) is 45.4 Å². The zero-order valence-electron chi connectivity index (χ0n) is 7.94. The molecule has 0 aromatic rings. The van der Waals surface area contributed by atoms with E-state index in [1.807, 2.05) is 0 Å². The van der Waals surface area contributed by atoms with Gasteiger partial charge in [0.1, 0.15) is 0 Å². The highest BCUT2D eigenvalue weighted by Crippen LogP contribution is 2.18. The fraction of sp³-hybridized carbons (Fsp3) is 0.900. The number of hydrogen-bond acceptors (Lipinski definition) is 1. The van der Waals surface area contributed by atoms with Crippen molar-refractivity contribution in [2.24, 2.45) is 5.92 Å². The summed E-state index contributed by atoms with van der Waals surface area (Å²) in [6.45, 7) is 3.07. The van der Waals surface area contributed by atoms with Gasteiger partial charge < -0.3 is 5.32 Å². The molecule has 1 unspecified atom stereocenters. The number of nitrogens with one attached hydrogen (secondary N) is 1. The molecule has 2 heteroatoms. The van der Waals surface area contributed by atoms with E-state index in [0.29, 0.717) is 11.8 Å². The number of carbonyl (C=O) groups excluding carboxylic acids is 1. The molecule has 0 saturated carbocycles. The van der Waals surface area contributed by atoms with Gasteiger partial charge in [0, 0.05) is 12.5 Å². The van der Waals surface area contributed by atoms with Gasteiger partial charge in [-0.25, -0.2) is 0 Å². The van der Waals surface area contributed by atoms with Crippen LogP contribution in [-0.4, -0.2) is 12.5 Å². The Bertz CT molecular complexity index is 145. The third-order valence-corrected chi connectivity index (χ3v) is 2.56. The summed E-state index contributed by atoms with van der Waals surface area (Å²) in [6, 6.07) is 0. The molecule has 1 rings (SSSR count). The minimum absolute atomic E-state index is 0.293. The number of unbranched alkanes of at least 4 members (excludes halogenated alkanes) is 1. The maximum Gasteiger partial charge on any atom is 0.223 e. The molecule has 0 radical (unpaired) electrons. The van der Waals surface area contributed by atoms with Crippen molar-refractivity contribution in [1.82, 2.24) is 5.32 Å². The fourth-order valence-corrected chi connectivity index (χ4v) is 1.73. The maximum atomic E-state index is 11.4. The maximum absolute atomic E-state index is 11.4. The van der Waals surface area contributed by atoms with E-state index < -0.39 is 0 Å². The Hall–Kier alpha value is -0.530. The van der Waals surface area contributed by atoms with Crippen LogP contribution in [0.2, 0.25) is 0 Å². The van der Waals surface area contributed by atoms with E-state index in [1.54, 1.807) is 0 Å². The van der Waals surface area contributed by atoms with Gasteiger partial charge in [-0.3, -0.25) is 4.79 Å². The molecule has 2 nitrogen and oxygen atoms in total. The number of rotatable bonds is 3. The second-order valence-corrected chi connectivity index (χ2v) is 3.63. The molecule has 0 aromatic heterocycles. The molecule has 70 valence electrons. The monoisotopic (exact) mass is 169 g/mol. The predicted octanol–water partition coefficient (Wildman–Crippen LogP) is 2.09. The summed E-state index contributed by atoms with van der Waals surface area (Å²) < 4.78 is 0. The lowest BCUT2D eigenvalue weighted by molar-refractivity contribution is -0.124. The molecule has 12 heavy (non-hydrogen) atoms. The molecule has 1 N–H and O–H groups in total. The summed E-state index contributed by atoms with van der Waals surface area (Å²) in [5, 5.41) is 2.96. The van der Waals surface area contributed by atoms with Gasteiger partial charge in [-0.1, -0.05) is 26.2 Å². The standard InChI is InChI=1S/C10H19NO/c1-2-3-6-9-7-4-5-8-11-10(9)12/h9H,2-8H2,1H3,(H,11,12). The van der Waals surface area contributed by atoms with Gasteiger partial charge in [-0.05, 0) is 19.3 Å². The molecule has 0 bridgehead atoms. The van der Waals surface area contributed by atoms with Crippen LogP contribution >= 0.6 is 0 Å². The third-order valence-electron chi connectivity index (χ3n) is 2.56. The van der Waals surface area contributed by atoms with Crippen molar-refractivity contribution in [3.05, 3.63) is 0 Å². The van der Waals surface area contributed by atoms with Crippen molar-refractivity contribution in [1.29, 1.82) is 0 Å². The van der Waals surface area contributed by atoms with Crippen LogP contribution in [-0.2, 0) is 4.79 Å². The molecular weight excluding hydrogens is 150 g/mol. The molecule has 0 aliphatic carbocycles. The van der Waals surface area contributed by atoms with Crippen molar-refractivity contribution in [3.8, 4) is 0 Å². The normalized spacial score (nSPS) is 24.8. The average Bonchev–Trinajstić information content (AvgIpc) is 2.27. The highest BCUT2D eigenvalue weighted by Gasteiger charge is 2.19. The van der Waals surface area contributed by atoms with Crippen LogP contribution in [0.5, 0.6) is 0 Å². The first kappa shape index (κ1) is 9.56. The van der Waals surface area contributed by atoms with Crippen LogP contribution < -0.4 is 5.32 Å². The van der Waals surface area contributed by atoms with Gasteiger partial charge in [0.05, 0.1) is 0 Å². The molecule has 1 fully saturated rings. The first-order valence-electron chi connectivity index (χ1n) is 5.12. The third kappa shape index (κ3) is 2.84. The van der Waals surface area contributed by atoms with Gasteiger partial charge in [0.15, 0.2) is 0 Å². The highest BCUT2D eigenvalue weighted by atomic mass is 16.1. The van der Waals surface area contributed by atoms with E-state index in [0.717, 1.165) is 25.8 Å². The Morgan fingerprint density at radius 2 is 2.33 bits per heavy atom. The van der Waals surface area contributed by atoms with Crippen molar-refractivity contribution >= 4 is 5.91 Å². The van der Waals surface area contributed by atoms with Crippen molar-refractivity contribution in [2.75, 3.05) is 6.54 Å². The van der Waals surface area contributed by atoms with Crippen molar-refractivity contribution in [3.63, 3.8) is 0 Å². The summed E-state index contributed by atoms with van der Waals surface area (Å²) in [4.78, 5) is 11.4. The SMILES string of the molecule is CCCCC1CCCCNC1=O. The number of carbonyl (C=O) groups is 1. The first-order chi connectivity index (χ1) is 5.84. The summed E-state index contributed by atoms with van der Waals surface area (Å²) in [5.41, 5.74) is 0. The van der Waals surface area contributed by atoms with E-state index in [1.165, 1.54) is 19.3 Å². The van der Waals surface area contributed by atoms with E-state index in [4.69, 9.17) is 0 Å². The van der Waals surface area contributed by atoms with Crippen LogP contribution in [0.4, 0.5) is 0 Å². The van der Waals surface area contributed by atoms with E-state index in [9.17, 15) is 4.79 Å². The van der Waals surface area contributed by atoms with E-state index in [2.05, 4.69) is 12.2 Å². The molecule has 1 heterocycles. The summed E-state index contributed by atoms with van der Waals surface area (Å²) in [7, 11) is 0. The topological polar surface area (TPSA) is 29.1 Å². The number of hydrogen-bond donors (Lipinski definition) is 1. The molecule has 1 atom stereocenters. The van der Waals surface area contributed by atoms with E-state index in [-0.39, 0.29) is 0 Å². The lowest BCUT2D eigenvalue weighted by Gasteiger charge is -2.11. The molecule has 1 amide bonds. The second-order valence-electron chi connectivity index (χ2n) is 3.63. The first-order valence-corrected chi connectivity index (χ1v) is 5.12. The molecule has 0 spiro atoms. The Labute approximate surface area is 74.7 Å². The van der Waals surface area contributed by atoms with Gasteiger partial charge in [-0.15, -0.1) is 0 Å². The molecule has 0 aromatic carbocycles. The minimum Gasteiger partial charge on any atom is -0.356 e. The summed E-state index contributed by atoms with van der Waals surface area (Å²) in [6.07, 6.45) is 6.96. The average molecular weight is 169 g/mol. The van der Waals surface area contributed by atoms with Gasteiger partial charge in [0.2, 0.25) is 5.91 Å². The van der Waals surface area contributed by atoms with Crippen LogP contribution in [0.1, 0.15) is 45.4 Å². The van der Waals surface area contributed by atoms with Crippen molar-refractivity contribution < 1.29 is 4.79 Å². The van der Waals surface area contributed by atoms with Gasteiger partial charge >= 0.3 is 0 Å². The largest absolute Gasteiger partial charge is 0.356 e. The smallest absolute Gasteiger partial charge is 0.223 e. The Morgan fingerprint density at radius 1 is 1.50 bits per heavy atom. The predicted molar refractivity (Wildman–Crippen MR) is 49.9 cm³/mol. The zero-order valence-corrected chi connectivity index (χ0v) is 7.94. The minimum atomic E-state index is 0.293. The molecular formula is C10H19NO. The van der Waals surface area contributed by atoms with Crippen LogP contribution in [0, 0.1) is 5.92 Å². The molecule has 1 aliphatic rings. The highest BCUT2D eigenvalue weighted by molar-refractivity contribution is 5.78. The molecule has 1 saturated heterocycles. The quantitative estimate of drug-likeness (QED) is 0.688. The number of amides is 1.